The molecule has 10 heteroatoms. The van der Waals surface area contributed by atoms with Crippen LogP contribution in [0.15, 0.2) is 65.0 Å². The molecule has 0 unspecified atom stereocenters. The molecule has 2 heterocycles. The van der Waals surface area contributed by atoms with Crippen molar-refractivity contribution in [2.45, 2.75) is 17.4 Å². The Bertz CT molecular complexity index is 1160. The summed E-state index contributed by atoms with van der Waals surface area (Å²) in [5, 5.41) is 4.62. The van der Waals surface area contributed by atoms with E-state index in [9.17, 15) is 18.0 Å². The number of rotatable bonds is 6. The van der Waals surface area contributed by atoms with Gasteiger partial charge in [0.15, 0.2) is 5.13 Å². The van der Waals surface area contributed by atoms with E-state index in [0.29, 0.717) is 16.8 Å². The maximum absolute atomic E-state index is 12.3. The predicted molar refractivity (Wildman–Crippen MR) is 107 cm³/mol. The smallest absolute Gasteiger partial charge is 0.339 e. The fourth-order valence-corrected chi connectivity index (χ4v) is 4.71. The molecule has 2 aromatic carbocycles. The minimum absolute atomic E-state index is 0.0333. The minimum atomic E-state index is -3.76. The molecule has 1 aliphatic heterocycles. The lowest BCUT2D eigenvalue weighted by molar-refractivity contribution is -0.118. The monoisotopic (exact) mass is 429 g/mol. The number of thiazole rings is 1. The molecule has 2 N–H and O–H groups in total. The van der Waals surface area contributed by atoms with Gasteiger partial charge < -0.3 is 10.1 Å². The summed E-state index contributed by atoms with van der Waals surface area (Å²) < 4.78 is 32.3. The molecule has 0 spiro atoms. The number of cyclic esters (lactones) is 1. The van der Waals surface area contributed by atoms with Crippen molar-refractivity contribution in [1.29, 1.82) is 0 Å². The Morgan fingerprint density at radius 1 is 1.14 bits per heavy atom. The maximum Gasteiger partial charge on any atom is 0.339 e. The molecule has 0 bridgehead atoms. The molecule has 0 saturated carbocycles. The average Bonchev–Trinajstić information content (AvgIpc) is 3.30. The van der Waals surface area contributed by atoms with Gasteiger partial charge in [-0.05, 0) is 30.3 Å². The number of sulfonamides is 1. The average molecular weight is 429 g/mol. The summed E-state index contributed by atoms with van der Waals surface area (Å²) in [6, 6.07) is 12.7. The van der Waals surface area contributed by atoms with Crippen molar-refractivity contribution in [2.24, 2.45) is 0 Å². The summed E-state index contributed by atoms with van der Waals surface area (Å²) in [6.45, 7) is 0. The number of hydrogen-bond donors (Lipinski definition) is 2. The normalized spacial score (nSPS) is 15.4. The first-order chi connectivity index (χ1) is 13.9. The Balaban J connectivity index is 1.40. The molecular weight excluding hydrogens is 414 g/mol. The van der Waals surface area contributed by atoms with Gasteiger partial charge in [0.1, 0.15) is 6.10 Å². The highest BCUT2D eigenvalue weighted by molar-refractivity contribution is 7.93. The Kier molecular flexibility index (Phi) is 5.03. The van der Waals surface area contributed by atoms with Crippen LogP contribution in [0, 0.1) is 0 Å². The van der Waals surface area contributed by atoms with E-state index in [0.717, 1.165) is 0 Å². The highest BCUT2D eigenvalue weighted by Gasteiger charge is 2.32. The number of ether oxygens (including phenoxy) is 1. The number of aromatic nitrogens is 1. The summed E-state index contributed by atoms with van der Waals surface area (Å²) in [5.41, 5.74) is 1.58. The van der Waals surface area contributed by atoms with E-state index in [1.54, 1.807) is 29.6 Å². The van der Waals surface area contributed by atoms with E-state index < -0.39 is 22.1 Å². The largest absolute Gasteiger partial charge is 0.453 e. The van der Waals surface area contributed by atoms with Crippen LogP contribution < -0.4 is 10.0 Å². The molecular formula is C19H15N3O5S2. The van der Waals surface area contributed by atoms with E-state index >= 15 is 0 Å². The lowest BCUT2D eigenvalue weighted by Gasteiger charge is -2.11. The third-order valence-corrected chi connectivity index (χ3v) is 6.42. The van der Waals surface area contributed by atoms with Crippen LogP contribution in [0.2, 0.25) is 0 Å². The van der Waals surface area contributed by atoms with Crippen molar-refractivity contribution in [2.75, 3.05) is 10.0 Å². The fourth-order valence-electron chi connectivity index (χ4n) is 2.92. The Hall–Kier alpha value is -3.24. The number of amides is 1. The number of anilines is 2. The molecule has 1 atom stereocenters. The zero-order valence-corrected chi connectivity index (χ0v) is 16.5. The maximum atomic E-state index is 12.3. The quantitative estimate of drug-likeness (QED) is 0.582. The number of fused-ring (bicyclic) bond motifs is 1. The molecule has 0 fully saturated rings. The van der Waals surface area contributed by atoms with E-state index in [4.69, 9.17) is 4.74 Å². The number of nitrogens with one attached hydrogen (secondary N) is 2. The van der Waals surface area contributed by atoms with Crippen molar-refractivity contribution in [3.63, 3.8) is 0 Å². The lowest BCUT2D eigenvalue weighted by Crippen LogP contribution is -2.16. The molecule has 0 aliphatic carbocycles. The second kappa shape index (κ2) is 7.64. The number of nitrogens with zero attached hydrogens (tertiary/aromatic N) is 1. The first kappa shape index (κ1) is 19.1. The summed E-state index contributed by atoms with van der Waals surface area (Å²) in [7, 11) is -3.76. The highest BCUT2D eigenvalue weighted by atomic mass is 32.2. The highest BCUT2D eigenvalue weighted by Crippen LogP contribution is 2.33. The standard InChI is InChI=1S/C19H15N3O5S2/c23-17(11-16-14-3-1-2-4-15(14)18(24)27-16)21-12-5-7-13(8-6-12)29(25,26)22-19-20-9-10-28-19/h1-10,16H,11H2,(H,20,22)(H,21,23)/t16-/m0/s1. The number of benzene rings is 2. The fraction of sp³-hybridized carbons (Fsp3) is 0.105. The summed E-state index contributed by atoms with van der Waals surface area (Å²) in [4.78, 5) is 28.1. The molecule has 4 rings (SSSR count). The molecule has 0 radical (unpaired) electrons. The molecule has 1 aliphatic rings. The van der Waals surface area contributed by atoms with Gasteiger partial charge >= 0.3 is 5.97 Å². The van der Waals surface area contributed by atoms with Gasteiger partial charge in [-0.25, -0.2) is 18.2 Å². The van der Waals surface area contributed by atoms with Crippen LogP contribution in [-0.4, -0.2) is 25.3 Å². The van der Waals surface area contributed by atoms with Gasteiger partial charge in [-0.15, -0.1) is 11.3 Å². The van der Waals surface area contributed by atoms with Crippen LogP contribution in [0.25, 0.3) is 0 Å². The van der Waals surface area contributed by atoms with Crippen LogP contribution in [0.1, 0.15) is 28.4 Å². The number of carbonyl (C=O) groups excluding carboxylic acids is 2. The zero-order chi connectivity index (χ0) is 20.4. The van der Waals surface area contributed by atoms with E-state index in [1.165, 1.54) is 41.8 Å². The second-order valence-corrected chi connectivity index (χ2v) is 8.78. The van der Waals surface area contributed by atoms with Crippen molar-refractivity contribution < 1.29 is 22.7 Å². The van der Waals surface area contributed by atoms with Crippen LogP contribution in [-0.2, 0) is 19.6 Å². The first-order valence-electron chi connectivity index (χ1n) is 8.54. The zero-order valence-electron chi connectivity index (χ0n) is 14.9. The Labute approximate surface area is 170 Å². The van der Waals surface area contributed by atoms with Gasteiger partial charge in [0, 0.05) is 22.8 Å². The van der Waals surface area contributed by atoms with Crippen molar-refractivity contribution >= 4 is 44.1 Å². The van der Waals surface area contributed by atoms with Crippen molar-refractivity contribution in [3.8, 4) is 0 Å². The number of carbonyl (C=O) groups is 2. The SMILES string of the molecule is O=C(C[C@@H]1OC(=O)c2ccccc21)Nc1ccc(S(=O)(=O)Nc2nccs2)cc1. The van der Waals surface area contributed by atoms with Crippen LogP contribution >= 0.6 is 11.3 Å². The Morgan fingerprint density at radius 2 is 1.90 bits per heavy atom. The summed E-state index contributed by atoms with van der Waals surface area (Å²) in [6.07, 6.45) is 0.830. The predicted octanol–water partition coefficient (Wildman–Crippen LogP) is 3.18. The molecule has 3 aromatic rings. The third kappa shape index (κ3) is 4.13. The van der Waals surface area contributed by atoms with E-state index in [2.05, 4.69) is 15.0 Å². The van der Waals surface area contributed by atoms with Gasteiger partial charge in [-0.2, -0.15) is 0 Å². The summed E-state index contributed by atoms with van der Waals surface area (Å²) >= 11 is 1.17. The van der Waals surface area contributed by atoms with Crippen LogP contribution in [0.4, 0.5) is 10.8 Å². The van der Waals surface area contributed by atoms with Gasteiger partial charge in [0.25, 0.3) is 10.0 Å². The number of esters is 1. The van der Waals surface area contributed by atoms with Crippen molar-refractivity contribution in [1.82, 2.24) is 4.98 Å². The molecule has 1 amide bonds. The van der Waals surface area contributed by atoms with E-state index in [-0.39, 0.29) is 22.4 Å². The van der Waals surface area contributed by atoms with Crippen LogP contribution in [0.3, 0.4) is 0 Å². The van der Waals surface area contributed by atoms with Gasteiger partial charge in [0.05, 0.1) is 16.9 Å². The molecule has 0 saturated heterocycles. The number of hydrogen-bond acceptors (Lipinski definition) is 7. The van der Waals surface area contributed by atoms with Gasteiger partial charge in [-0.3, -0.25) is 9.52 Å². The van der Waals surface area contributed by atoms with Crippen LogP contribution in [0.5, 0.6) is 0 Å². The molecule has 8 nitrogen and oxygen atoms in total. The lowest BCUT2D eigenvalue weighted by atomic mass is 10.0. The molecule has 1 aromatic heterocycles. The topological polar surface area (TPSA) is 114 Å². The first-order valence-corrected chi connectivity index (χ1v) is 10.9. The van der Waals surface area contributed by atoms with Crippen molar-refractivity contribution in [3.05, 3.63) is 71.2 Å². The van der Waals surface area contributed by atoms with Gasteiger partial charge in [-0.1, -0.05) is 18.2 Å². The summed E-state index contributed by atoms with van der Waals surface area (Å²) in [5.74, 6) is -0.795. The van der Waals surface area contributed by atoms with Gasteiger partial charge in [0.2, 0.25) is 5.91 Å². The molecule has 29 heavy (non-hydrogen) atoms. The molecule has 148 valence electrons. The van der Waals surface area contributed by atoms with E-state index in [1.807, 2.05) is 0 Å². The minimum Gasteiger partial charge on any atom is -0.453 e. The second-order valence-electron chi connectivity index (χ2n) is 6.20. The third-order valence-electron chi connectivity index (χ3n) is 4.25. The Morgan fingerprint density at radius 3 is 2.62 bits per heavy atom.